The van der Waals surface area contributed by atoms with Gasteiger partial charge in [-0.3, -0.25) is 4.79 Å². The lowest BCUT2D eigenvalue weighted by molar-refractivity contribution is -0.133. The molecule has 0 aliphatic heterocycles. The number of carbonyl (C=O) groups is 2. The molecule has 1 heterocycles. The molecule has 0 saturated carbocycles. The van der Waals surface area contributed by atoms with E-state index in [0.29, 0.717) is 6.54 Å². The number of thiazole rings is 1. The number of hydrogen-bond donors (Lipinski definition) is 0. The Morgan fingerprint density at radius 1 is 1.00 bits per heavy atom. The minimum absolute atomic E-state index is 0.212. The van der Waals surface area contributed by atoms with Gasteiger partial charge >= 0.3 is 5.97 Å². The van der Waals surface area contributed by atoms with Crippen LogP contribution in [0.2, 0.25) is 0 Å². The van der Waals surface area contributed by atoms with Crippen LogP contribution in [-0.2, 0) is 16.1 Å². The highest BCUT2D eigenvalue weighted by molar-refractivity contribution is 7.13. The molecule has 29 heavy (non-hydrogen) atoms. The van der Waals surface area contributed by atoms with Crippen molar-refractivity contribution >= 4 is 28.9 Å². The number of benzene rings is 2. The van der Waals surface area contributed by atoms with E-state index in [-0.39, 0.29) is 18.2 Å². The van der Waals surface area contributed by atoms with Gasteiger partial charge in [0.2, 0.25) is 0 Å². The summed E-state index contributed by atoms with van der Waals surface area (Å²) < 4.78 is 5.16. The first kappa shape index (κ1) is 20.5. The molecule has 2 aromatic carbocycles. The van der Waals surface area contributed by atoms with Gasteiger partial charge in [-0.25, -0.2) is 9.78 Å². The summed E-state index contributed by atoms with van der Waals surface area (Å²) in [6, 6.07) is 17.6. The van der Waals surface area contributed by atoms with Crippen molar-refractivity contribution in [1.29, 1.82) is 0 Å². The minimum atomic E-state index is -0.597. The first-order valence-corrected chi connectivity index (χ1v) is 10.0. The van der Waals surface area contributed by atoms with Gasteiger partial charge in [0.25, 0.3) is 5.91 Å². The third-order valence-corrected chi connectivity index (χ3v) is 5.25. The van der Waals surface area contributed by atoms with Gasteiger partial charge in [-0.05, 0) is 17.7 Å². The van der Waals surface area contributed by atoms with E-state index in [1.807, 2.05) is 73.6 Å². The third-order valence-electron chi connectivity index (χ3n) is 4.36. The van der Waals surface area contributed by atoms with Gasteiger partial charge in [-0.2, -0.15) is 0 Å². The summed E-state index contributed by atoms with van der Waals surface area (Å²) in [5.74, 6) is -0.867. The SMILES string of the molecule is CN(Cc1ccc(N(C)C)cc1)C(=O)COC(=O)c1csc(-c2ccccc2)n1. The molecule has 150 valence electrons. The van der Waals surface area contributed by atoms with Gasteiger partial charge in [-0.1, -0.05) is 42.5 Å². The lowest BCUT2D eigenvalue weighted by Gasteiger charge is -2.18. The Kier molecular flexibility index (Phi) is 6.61. The molecule has 0 aliphatic rings. The monoisotopic (exact) mass is 409 g/mol. The molecule has 0 bridgehead atoms. The van der Waals surface area contributed by atoms with Crippen LogP contribution in [0.3, 0.4) is 0 Å². The Bertz CT molecular complexity index is 968. The van der Waals surface area contributed by atoms with Crippen molar-refractivity contribution in [1.82, 2.24) is 9.88 Å². The largest absolute Gasteiger partial charge is 0.451 e. The lowest BCUT2D eigenvalue weighted by Crippen LogP contribution is -2.30. The molecule has 0 radical (unpaired) electrons. The molecule has 3 aromatic rings. The summed E-state index contributed by atoms with van der Waals surface area (Å²) in [4.78, 5) is 32.4. The van der Waals surface area contributed by atoms with E-state index >= 15 is 0 Å². The average molecular weight is 410 g/mol. The molecule has 0 atom stereocenters. The van der Waals surface area contributed by atoms with Crippen LogP contribution in [0.5, 0.6) is 0 Å². The van der Waals surface area contributed by atoms with Crippen LogP contribution >= 0.6 is 11.3 Å². The number of ether oxygens (including phenoxy) is 1. The van der Waals surface area contributed by atoms with E-state index in [1.165, 1.54) is 16.2 Å². The summed E-state index contributed by atoms with van der Waals surface area (Å²) >= 11 is 1.37. The highest BCUT2D eigenvalue weighted by Crippen LogP contribution is 2.23. The van der Waals surface area contributed by atoms with Crippen LogP contribution in [0.1, 0.15) is 16.1 Å². The second-order valence-corrected chi connectivity index (χ2v) is 7.65. The number of nitrogens with zero attached hydrogens (tertiary/aromatic N) is 3. The zero-order valence-corrected chi connectivity index (χ0v) is 17.5. The van der Waals surface area contributed by atoms with Crippen molar-refractivity contribution < 1.29 is 14.3 Å². The van der Waals surface area contributed by atoms with Crippen molar-refractivity contribution in [3.8, 4) is 10.6 Å². The number of likely N-dealkylation sites (N-methyl/N-ethyl adjacent to an activating group) is 1. The fourth-order valence-electron chi connectivity index (χ4n) is 2.65. The van der Waals surface area contributed by atoms with E-state index in [2.05, 4.69) is 4.98 Å². The van der Waals surface area contributed by atoms with Gasteiger partial charge in [0.15, 0.2) is 12.3 Å². The van der Waals surface area contributed by atoms with Crippen molar-refractivity contribution in [2.45, 2.75) is 6.54 Å². The van der Waals surface area contributed by atoms with Crippen molar-refractivity contribution in [2.24, 2.45) is 0 Å². The molecule has 6 nitrogen and oxygen atoms in total. The van der Waals surface area contributed by atoms with Crippen LogP contribution in [0.4, 0.5) is 5.69 Å². The standard InChI is InChI=1S/C22H23N3O3S/c1-24(2)18-11-9-16(10-12-18)13-25(3)20(26)14-28-22(27)19-15-29-21(23-19)17-7-5-4-6-8-17/h4-12,15H,13-14H2,1-3H3. The van der Waals surface area contributed by atoms with Crippen molar-refractivity contribution in [3.05, 3.63) is 71.2 Å². The number of amides is 1. The number of aromatic nitrogens is 1. The number of rotatable bonds is 7. The molecule has 1 amide bonds. The Morgan fingerprint density at radius 3 is 2.34 bits per heavy atom. The number of esters is 1. The second kappa shape index (κ2) is 9.34. The molecular weight excluding hydrogens is 386 g/mol. The molecule has 0 fully saturated rings. The number of carbonyl (C=O) groups excluding carboxylic acids is 2. The third kappa shape index (κ3) is 5.42. The molecule has 3 rings (SSSR count). The van der Waals surface area contributed by atoms with E-state index in [0.717, 1.165) is 21.8 Å². The van der Waals surface area contributed by atoms with Gasteiger partial charge in [-0.15, -0.1) is 11.3 Å². The molecule has 0 aliphatic carbocycles. The Balaban J connectivity index is 1.52. The quantitative estimate of drug-likeness (QED) is 0.557. The highest BCUT2D eigenvalue weighted by Gasteiger charge is 2.17. The molecule has 1 aromatic heterocycles. The van der Waals surface area contributed by atoms with Crippen LogP contribution in [0, 0.1) is 0 Å². The Morgan fingerprint density at radius 2 is 1.69 bits per heavy atom. The second-order valence-electron chi connectivity index (χ2n) is 6.79. The van der Waals surface area contributed by atoms with Gasteiger partial charge < -0.3 is 14.5 Å². The first-order chi connectivity index (χ1) is 13.9. The smallest absolute Gasteiger partial charge is 0.358 e. The topological polar surface area (TPSA) is 62.7 Å². The highest BCUT2D eigenvalue weighted by atomic mass is 32.1. The summed E-state index contributed by atoms with van der Waals surface area (Å²) in [7, 11) is 5.64. The van der Waals surface area contributed by atoms with E-state index in [1.54, 1.807) is 12.4 Å². The zero-order chi connectivity index (χ0) is 20.8. The summed E-state index contributed by atoms with van der Waals surface area (Å²) in [6.45, 7) is 0.127. The molecule has 0 spiro atoms. The Labute approximate surface area is 174 Å². The normalized spacial score (nSPS) is 10.4. The van der Waals surface area contributed by atoms with E-state index in [4.69, 9.17) is 4.74 Å². The fraction of sp³-hybridized carbons (Fsp3) is 0.227. The number of anilines is 1. The maximum Gasteiger partial charge on any atom is 0.358 e. The van der Waals surface area contributed by atoms with E-state index in [9.17, 15) is 9.59 Å². The van der Waals surface area contributed by atoms with Gasteiger partial charge in [0.05, 0.1) is 0 Å². The molecule has 7 heteroatoms. The predicted molar refractivity (Wildman–Crippen MR) is 115 cm³/mol. The zero-order valence-electron chi connectivity index (χ0n) is 16.7. The summed E-state index contributed by atoms with van der Waals surface area (Å²) in [5, 5.41) is 2.38. The molecular formula is C22H23N3O3S. The minimum Gasteiger partial charge on any atom is -0.451 e. The summed E-state index contributed by atoms with van der Waals surface area (Å²) in [5.41, 5.74) is 3.25. The first-order valence-electron chi connectivity index (χ1n) is 9.12. The van der Waals surface area contributed by atoms with Crippen molar-refractivity contribution in [2.75, 3.05) is 32.6 Å². The summed E-state index contributed by atoms with van der Waals surface area (Å²) in [6.07, 6.45) is 0. The van der Waals surface area contributed by atoms with Crippen LogP contribution in [0.15, 0.2) is 60.0 Å². The predicted octanol–water partition coefficient (Wildman–Crippen LogP) is 3.69. The van der Waals surface area contributed by atoms with Crippen molar-refractivity contribution in [3.63, 3.8) is 0 Å². The van der Waals surface area contributed by atoms with Crippen LogP contribution in [0.25, 0.3) is 10.6 Å². The lowest BCUT2D eigenvalue weighted by atomic mass is 10.2. The Hall–Kier alpha value is -3.19. The maximum absolute atomic E-state index is 12.3. The molecule has 0 saturated heterocycles. The van der Waals surface area contributed by atoms with Gasteiger partial charge in [0.1, 0.15) is 5.01 Å². The number of hydrogen-bond acceptors (Lipinski definition) is 6. The average Bonchev–Trinajstić information content (AvgIpc) is 3.23. The van der Waals surface area contributed by atoms with E-state index < -0.39 is 5.97 Å². The maximum atomic E-state index is 12.3. The van der Waals surface area contributed by atoms with Crippen LogP contribution < -0.4 is 4.90 Å². The fourth-order valence-corrected chi connectivity index (χ4v) is 3.45. The molecule has 0 unspecified atom stereocenters. The molecule has 0 N–H and O–H groups in total. The van der Waals surface area contributed by atoms with Crippen LogP contribution in [-0.4, -0.2) is 49.5 Å². The van der Waals surface area contributed by atoms with Gasteiger partial charge in [0, 0.05) is 44.3 Å².